The maximum atomic E-state index is 12.3. The van der Waals surface area contributed by atoms with Crippen LogP contribution in [0, 0.1) is 5.92 Å². The van der Waals surface area contributed by atoms with E-state index in [0.717, 1.165) is 12.8 Å². The Bertz CT molecular complexity index is 683. The van der Waals surface area contributed by atoms with Crippen molar-refractivity contribution in [3.05, 3.63) is 24.3 Å². The number of carbonyl (C=O) groups is 1. The highest BCUT2D eigenvalue weighted by Crippen LogP contribution is 2.24. The summed E-state index contributed by atoms with van der Waals surface area (Å²) < 4.78 is 30.1. The number of phenols is 1. The van der Waals surface area contributed by atoms with Crippen LogP contribution in [0.4, 0.5) is 4.79 Å². The molecule has 7 heteroatoms. The molecule has 0 radical (unpaired) electrons. The lowest BCUT2D eigenvalue weighted by atomic mass is 9.95. The lowest BCUT2D eigenvalue weighted by molar-refractivity contribution is 0.0183. The van der Waals surface area contributed by atoms with E-state index in [1.54, 1.807) is 4.90 Å². The highest BCUT2D eigenvalue weighted by atomic mass is 32.2. The minimum Gasteiger partial charge on any atom is -0.508 e. The first-order chi connectivity index (χ1) is 11.6. The molecule has 1 amide bonds. The van der Waals surface area contributed by atoms with E-state index in [0.29, 0.717) is 19.5 Å². The highest BCUT2D eigenvalue weighted by Gasteiger charge is 2.27. The van der Waals surface area contributed by atoms with Gasteiger partial charge in [0.2, 0.25) is 0 Å². The third-order valence-electron chi connectivity index (χ3n) is 4.26. The Hall–Kier alpha value is -1.76. The molecule has 1 aromatic rings. The fourth-order valence-electron chi connectivity index (χ4n) is 2.82. The zero-order chi connectivity index (χ0) is 18.7. The van der Waals surface area contributed by atoms with Crippen LogP contribution in [0.5, 0.6) is 5.75 Å². The van der Waals surface area contributed by atoms with Gasteiger partial charge in [-0.2, -0.15) is 0 Å². The van der Waals surface area contributed by atoms with Crippen molar-refractivity contribution in [2.75, 3.05) is 18.8 Å². The normalized spacial score (nSPS) is 16.7. The fourth-order valence-corrected chi connectivity index (χ4v) is 4.25. The number of amides is 1. The summed E-state index contributed by atoms with van der Waals surface area (Å²) in [6.45, 7) is 6.71. The number of likely N-dealkylation sites (tertiary alicyclic amines) is 1. The third-order valence-corrected chi connectivity index (χ3v) is 6.02. The quantitative estimate of drug-likeness (QED) is 0.881. The molecule has 0 unspecified atom stereocenters. The van der Waals surface area contributed by atoms with Gasteiger partial charge in [-0.3, -0.25) is 0 Å². The topological polar surface area (TPSA) is 83.9 Å². The van der Waals surface area contributed by atoms with Crippen molar-refractivity contribution in [2.24, 2.45) is 5.92 Å². The van der Waals surface area contributed by atoms with Gasteiger partial charge >= 0.3 is 6.09 Å². The number of aromatic hydroxyl groups is 1. The van der Waals surface area contributed by atoms with Gasteiger partial charge in [0.1, 0.15) is 11.4 Å². The Morgan fingerprint density at radius 2 is 1.76 bits per heavy atom. The number of piperidine rings is 1. The molecule has 1 aromatic carbocycles. The summed E-state index contributed by atoms with van der Waals surface area (Å²) in [5.41, 5.74) is -0.508. The van der Waals surface area contributed by atoms with Gasteiger partial charge < -0.3 is 14.7 Å². The second-order valence-corrected chi connectivity index (χ2v) is 9.62. The van der Waals surface area contributed by atoms with Gasteiger partial charge in [0.25, 0.3) is 0 Å². The van der Waals surface area contributed by atoms with E-state index in [1.165, 1.54) is 24.3 Å². The molecule has 1 aliphatic rings. The van der Waals surface area contributed by atoms with Crippen molar-refractivity contribution in [3.63, 3.8) is 0 Å². The maximum Gasteiger partial charge on any atom is 0.410 e. The molecule has 1 heterocycles. The van der Waals surface area contributed by atoms with Crippen LogP contribution in [0.15, 0.2) is 29.2 Å². The standard InChI is InChI=1S/C18H27NO5S/c1-18(2,3)24-17(21)19-11-8-14(9-12-19)10-13-25(22,23)16-6-4-15(20)5-7-16/h4-7,14,20H,8-13H2,1-3H3. The lowest BCUT2D eigenvalue weighted by Crippen LogP contribution is -2.41. The third kappa shape index (κ3) is 5.92. The first-order valence-electron chi connectivity index (χ1n) is 8.56. The summed E-state index contributed by atoms with van der Waals surface area (Å²) >= 11 is 0. The van der Waals surface area contributed by atoms with Crippen LogP contribution in [-0.4, -0.2) is 49.0 Å². The van der Waals surface area contributed by atoms with Crippen LogP contribution in [0.25, 0.3) is 0 Å². The predicted octanol–water partition coefficient (Wildman–Crippen LogP) is 3.20. The summed E-state index contributed by atoms with van der Waals surface area (Å²) in [5, 5.41) is 9.26. The monoisotopic (exact) mass is 369 g/mol. The molecular weight excluding hydrogens is 342 g/mol. The number of rotatable bonds is 4. The van der Waals surface area contributed by atoms with Gasteiger partial charge in [-0.05, 0) is 70.2 Å². The number of phenolic OH excluding ortho intramolecular Hbond substituents is 1. The number of hydrogen-bond acceptors (Lipinski definition) is 5. The van der Waals surface area contributed by atoms with E-state index in [9.17, 15) is 18.3 Å². The molecule has 140 valence electrons. The molecule has 0 bridgehead atoms. The van der Waals surface area contributed by atoms with Gasteiger partial charge in [-0.25, -0.2) is 13.2 Å². The number of hydrogen-bond donors (Lipinski definition) is 1. The smallest absolute Gasteiger partial charge is 0.410 e. The molecule has 0 aromatic heterocycles. The molecule has 0 saturated carbocycles. The summed E-state index contributed by atoms with van der Waals surface area (Å²) in [7, 11) is -3.35. The van der Waals surface area contributed by atoms with E-state index >= 15 is 0 Å². The van der Waals surface area contributed by atoms with Gasteiger partial charge in [-0.1, -0.05) is 0 Å². The summed E-state index contributed by atoms with van der Waals surface area (Å²) in [4.78, 5) is 14.0. The summed E-state index contributed by atoms with van der Waals surface area (Å²) in [5.74, 6) is 0.411. The first-order valence-corrected chi connectivity index (χ1v) is 10.2. The second-order valence-electron chi connectivity index (χ2n) is 7.51. The predicted molar refractivity (Wildman–Crippen MR) is 95.3 cm³/mol. The number of ether oxygens (including phenoxy) is 1. The average molecular weight is 369 g/mol. The number of nitrogens with zero attached hydrogens (tertiary/aromatic N) is 1. The van der Waals surface area contributed by atoms with Gasteiger partial charge in [0.05, 0.1) is 10.6 Å². The molecule has 0 spiro atoms. The lowest BCUT2D eigenvalue weighted by Gasteiger charge is -2.33. The first kappa shape index (κ1) is 19.6. The van der Waals surface area contributed by atoms with Crippen LogP contribution in [0.3, 0.4) is 0 Å². The van der Waals surface area contributed by atoms with Crippen LogP contribution in [-0.2, 0) is 14.6 Å². The summed E-state index contributed by atoms with van der Waals surface area (Å²) in [6, 6.07) is 5.62. The van der Waals surface area contributed by atoms with Crippen molar-refractivity contribution in [1.29, 1.82) is 0 Å². The van der Waals surface area contributed by atoms with Crippen LogP contribution in [0.1, 0.15) is 40.0 Å². The minimum absolute atomic E-state index is 0.0495. The Morgan fingerprint density at radius 1 is 1.20 bits per heavy atom. The molecule has 0 atom stereocenters. The Kier molecular flexibility index (Phi) is 5.98. The number of benzene rings is 1. The van der Waals surface area contributed by atoms with Crippen molar-refractivity contribution in [1.82, 2.24) is 4.90 Å². The Labute approximate surface area is 149 Å². The fraction of sp³-hybridized carbons (Fsp3) is 0.611. The SMILES string of the molecule is CC(C)(C)OC(=O)N1CCC(CCS(=O)(=O)c2ccc(O)cc2)CC1. The zero-order valence-corrected chi connectivity index (χ0v) is 15.9. The van der Waals surface area contributed by atoms with E-state index in [1.807, 2.05) is 20.8 Å². The highest BCUT2D eigenvalue weighted by molar-refractivity contribution is 7.91. The second kappa shape index (κ2) is 7.64. The molecule has 25 heavy (non-hydrogen) atoms. The van der Waals surface area contributed by atoms with Crippen molar-refractivity contribution in [3.8, 4) is 5.75 Å². The van der Waals surface area contributed by atoms with Crippen molar-refractivity contribution < 1.29 is 23.1 Å². The van der Waals surface area contributed by atoms with E-state index < -0.39 is 15.4 Å². The molecule has 1 N–H and O–H groups in total. The van der Waals surface area contributed by atoms with Crippen LogP contribution < -0.4 is 0 Å². The Morgan fingerprint density at radius 3 is 2.28 bits per heavy atom. The molecule has 6 nitrogen and oxygen atoms in total. The Balaban J connectivity index is 1.82. The maximum absolute atomic E-state index is 12.3. The average Bonchev–Trinajstić information content (AvgIpc) is 2.52. The van der Waals surface area contributed by atoms with Crippen LogP contribution in [0.2, 0.25) is 0 Å². The number of carbonyl (C=O) groups excluding carboxylic acids is 1. The number of sulfone groups is 1. The molecule has 1 fully saturated rings. The van der Waals surface area contributed by atoms with Gasteiger partial charge in [0.15, 0.2) is 9.84 Å². The minimum atomic E-state index is -3.35. The van der Waals surface area contributed by atoms with Gasteiger partial charge in [0, 0.05) is 13.1 Å². The van der Waals surface area contributed by atoms with Crippen LogP contribution >= 0.6 is 0 Å². The van der Waals surface area contributed by atoms with E-state index in [-0.39, 0.29) is 28.4 Å². The molecule has 1 aliphatic heterocycles. The molecule has 1 saturated heterocycles. The molecule has 0 aliphatic carbocycles. The largest absolute Gasteiger partial charge is 0.508 e. The summed E-state index contributed by atoms with van der Waals surface area (Å²) in [6.07, 6.45) is 1.84. The molecular formula is C18H27NO5S. The molecule has 2 rings (SSSR count). The van der Waals surface area contributed by atoms with Gasteiger partial charge in [-0.15, -0.1) is 0 Å². The van der Waals surface area contributed by atoms with E-state index in [4.69, 9.17) is 4.74 Å². The zero-order valence-electron chi connectivity index (χ0n) is 15.1. The van der Waals surface area contributed by atoms with E-state index in [2.05, 4.69) is 0 Å². The van der Waals surface area contributed by atoms with Crippen molar-refractivity contribution in [2.45, 2.75) is 50.5 Å². The van der Waals surface area contributed by atoms with Crippen molar-refractivity contribution >= 4 is 15.9 Å².